The van der Waals surface area contributed by atoms with Crippen LogP contribution in [0.4, 0.5) is 0 Å². The Morgan fingerprint density at radius 3 is 0.385 bits per heavy atom. The Kier molecular flexibility index (Phi) is 36.4. The van der Waals surface area contributed by atoms with E-state index in [0.717, 1.165) is 0 Å². The van der Waals surface area contributed by atoms with Crippen molar-refractivity contribution in [3.63, 3.8) is 0 Å². The van der Waals surface area contributed by atoms with E-state index in [2.05, 4.69) is 0 Å². The van der Waals surface area contributed by atoms with Crippen LogP contribution in [0.3, 0.4) is 0 Å². The molecule has 0 bridgehead atoms. The second-order valence-electron chi connectivity index (χ2n) is 0.567. The van der Waals surface area contributed by atoms with Crippen LogP contribution in [0.1, 0.15) is 0 Å². The molecule has 0 spiro atoms. The van der Waals surface area contributed by atoms with Crippen LogP contribution in [0.15, 0.2) is 0 Å². The summed E-state index contributed by atoms with van der Waals surface area (Å²) < 4.78 is 76.7. The molecule has 0 aromatic carbocycles. The molecule has 0 saturated heterocycles. The van der Waals surface area contributed by atoms with E-state index in [0.29, 0.717) is 0 Å². The van der Waals surface area contributed by atoms with Crippen molar-refractivity contribution in [3.05, 3.63) is 0 Å². The minimum absolute atomic E-state index is 0. The average Bonchev–Trinajstić information content (AvgIpc) is 1.54. The van der Waals surface area contributed by atoms with Crippen LogP contribution in [-0.2, 0) is 25.8 Å². The third-order valence-electron chi connectivity index (χ3n) is 0. The molecule has 1 radical (unpaired) electrons. The molecule has 0 N–H and O–H groups in total. The normalized spacial score (nSPS) is 8.31. The standard InChI is InChI=1S/3BrO3.Sc/c3*2-1(3)4;/q3*-1;. The van der Waals surface area contributed by atoms with Crippen molar-refractivity contribution in [2.45, 2.75) is 0 Å². The summed E-state index contributed by atoms with van der Waals surface area (Å²) in [6.07, 6.45) is 0. The molecular weight excluding hydrogens is 429 g/mol. The van der Waals surface area contributed by atoms with Gasteiger partial charge < -0.3 is 37.8 Å². The van der Waals surface area contributed by atoms with Gasteiger partial charge in [0.05, 0.1) is 0 Å². The molecule has 81 valence electrons. The maximum atomic E-state index is 8.52. The van der Waals surface area contributed by atoms with E-state index < -0.39 is 44.4 Å². The largest absolute Gasteiger partial charge is 0.405 e. The molecule has 0 aliphatic heterocycles. The molecule has 0 aromatic heterocycles. The third-order valence-corrected chi connectivity index (χ3v) is 0. The molecule has 0 unspecified atom stereocenters. The van der Waals surface area contributed by atoms with Gasteiger partial charge in [-0.2, -0.15) is 0 Å². The van der Waals surface area contributed by atoms with Crippen LogP contribution in [0, 0.1) is 44.4 Å². The molecule has 0 aliphatic rings. The van der Waals surface area contributed by atoms with Gasteiger partial charge in [0.25, 0.3) is 0 Å². The summed E-state index contributed by atoms with van der Waals surface area (Å²) in [7, 11) is 0. The molecule has 13 heteroatoms. The summed E-state index contributed by atoms with van der Waals surface area (Å²) in [6.45, 7) is 0. The molecule has 0 saturated carbocycles. The smallest absolute Gasteiger partial charge is 0.216 e. The monoisotopic (exact) mass is 426 g/mol. The topological polar surface area (TPSA) is 208 Å². The zero-order valence-corrected chi connectivity index (χ0v) is 11.9. The number of hydrogen-bond acceptors (Lipinski definition) is 9. The summed E-state index contributed by atoms with van der Waals surface area (Å²) >= 11 is -10.9. The van der Waals surface area contributed by atoms with E-state index in [1.54, 1.807) is 0 Å². The van der Waals surface area contributed by atoms with Gasteiger partial charge in [0.2, 0.25) is 44.4 Å². The molecule has 0 heterocycles. The molecule has 13 heavy (non-hydrogen) atoms. The molecule has 0 atom stereocenters. The number of hydrogen-bond donors (Lipinski definition) is 0. The first-order chi connectivity index (χ1) is 5.20. The van der Waals surface area contributed by atoms with Crippen LogP contribution >= 0.6 is 0 Å². The Hall–Kier alpha value is 1.95. The Bertz CT molecular complexity index is 43.4. The molecule has 0 aromatic rings. The van der Waals surface area contributed by atoms with Crippen molar-refractivity contribution in [2.75, 3.05) is 0 Å². The van der Waals surface area contributed by atoms with Crippen molar-refractivity contribution in [1.29, 1.82) is 0 Å². The Balaban J connectivity index is -0.0000000450. The molecule has 0 fully saturated rings. The van der Waals surface area contributed by atoms with Gasteiger partial charge in [-0.3, -0.25) is 0 Å². The van der Waals surface area contributed by atoms with Crippen molar-refractivity contribution < 1.29 is 108 Å². The van der Waals surface area contributed by atoms with Gasteiger partial charge in [-0.1, -0.05) is 0 Å². The molecule has 9 nitrogen and oxygen atoms in total. The Morgan fingerprint density at radius 2 is 0.385 bits per heavy atom. The molecule has 0 rings (SSSR count). The zero-order valence-electron chi connectivity index (χ0n) is 5.39. The van der Waals surface area contributed by atoms with Gasteiger partial charge >= 0.3 is 0 Å². The van der Waals surface area contributed by atoms with E-state index in [9.17, 15) is 0 Å². The first-order valence-corrected chi connectivity index (χ1v) is 7.22. The second-order valence-corrected chi connectivity index (χ2v) is 2.95. The van der Waals surface area contributed by atoms with Crippen LogP contribution in [0.2, 0.25) is 0 Å². The average molecular weight is 429 g/mol. The van der Waals surface area contributed by atoms with Crippen molar-refractivity contribution in [1.82, 2.24) is 0 Å². The molecular formula is Br3O9Sc-3. The first-order valence-electron chi connectivity index (χ1n) is 1.39. The van der Waals surface area contributed by atoms with E-state index >= 15 is 0 Å². The fraction of sp³-hybridized carbons (Fsp3) is 0. The van der Waals surface area contributed by atoms with E-state index in [4.69, 9.17) is 37.8 Å². The maximum Gasteiger partial charge on any atom is 0.216 e. The SMILES string of the molecule is [O-][Br+2]([O-])[O-].[O-][Br+2]([O-])[O-].[O-][Br+2]([O-])[O-].[Sc]. The fourth-order valence-corrected chi connectivity index (χ4v) is 0. The molecule has 0 aliphatic carbocycles. The van der Waals surface area contributed by atoms with E-state index in [-0.39, 0.29) is 25.8 Å². The third kappa shape index (κ3) is 524. The first kappa shape index (κ1) is 24.3. The van der Waals surface area contributed by atoms with Gasteiger partial charge in [0.1, 0.15) is 0 Å². The van der Waals surface area contributed by atoms with Gasteiger partial charge in [0.15, 0.2) is 0 Å². The van der Waals surface area contributed by atoms with Gasteiger partial charge in [-0.15, -0.1) is 0 Å². The second kappa shape index (κ2) is 19.5. The van der Waals surface area contributed by atoms with Crippen LogP contribution in [-0.4, -0.2) is 0 Å². The predicted molar refractivity (Wildman–Crippen MR) is 0 cm³/mol. The van der Waals surface area contributed by atoms with Gasteiger partial charge in [-0.05, 0) is 0 Å². The Labute approximate surface area is 107 Å². The number of halogens is 3. The van der Waals surface area contributed by atoms with E-state index in [1.165, 1.54) is 0 Å². The van der Waals surface area contributed by atoms with Crippen LogP contribution in [0.25, 0.3) is 0 Å². The summed E-state index contributed by atoms with van der Waals surface area (Å²) in [5.74, 6) is 0. The maximum absolute atomic E-state index is 8.52. The van der Waals surface area contributed by atoms with Gasteiger partial charge in [-0.25, -0.2) is 0 Å². The minimum atomic E-state index is -3.65. The van der Waals surface area contributed by atoms with Gasteiger partial charge in [0, 0.05) is 25.8 Å². The molecule has 0 amide bonds. The Morgan fingerprint density at radius 1 is 0.385 bits per heavy atom. The predicted octanol–water partition coefficient (Wildman–Crippen LogP) is -10.7. The van der Waals surface area contributed by atoms with Crippen LogP contribution < -0.4 is 37.8 Å². The number of rotatable bonds is 0. The van der Waals surface area contributed by atoms with Crippen molar-refractivity contribution in [3.8, 4) is 0 Å². The fourth-order valence-electron chi connectivity index (χ4n) is 0. The minimum Gasteiger partial charge on any atom is -0.405 e. The van der Waals surface area contributed by atoms with E-state index in [1.807, 2.05) is 0 Å². The van der Waals surface area contributed by atoms with Crippen LogP contribution in [0.5, 0.6) is 0 Å². The zero-order chi connectivity index (χ0) is 10.7. The quantitative estimate of drug-likeness (QED) is 0.358. The summed E-state index contributed by atoms with van der Waals surface area (Å²) in [5.41, 5.74) is 0. The summed E-state index contributed by atoms with van der Waals surface area (Å²) in [6, 6.07) is 0. The summed E-state index contributed by atoms with van der Waals surface area (Å²) in [5, 5.41) is 0. The van der Waals surface area contributed by atoms with Crippen molar-refractivity contribution >= 4 is 0 Å². The van der Waals surface area contributed by atoms with Crippen molar-refractivity contribution in [2.24, 2.45) is 0 Å². The summed E-state index contributed by atoms with van der Waals surface area (Å²) in [4.78, 5) is 0.